The van der Waals surface area contributed by atoms with E-state index in [1.165, 1.54) is 38.5 Å². The molecule has 0 aromatic rings. The number of hydrogen-bond donors (Lipinski definition) is 1. The molecule has 1 heterocycles. The summed E-state index contributed by atoms with van der Waals surface area (Å²) in [5.74, 6) is 2.15. The molecule has 2 saturated carbocycles. The first-order valence-corrected chi connectivity index (χ1v) is 6.25. The van der Waals surface area contributed by atoms with Gasteiger partial charge >= 0.3 is 0 Å². The normalized spacial score (nSPS) is 43.3. The standard InChI is InChI=1S/C12H21NO/c1-2-9-4-5-11(6-10(9)3-1)13-12-7-14-8-12/h9-13H,1-8H2. The van der Waals surface area contributed by atoms with E-state index in [1.54, 1.807) is 0 Å². The molecule has 80 valence electrons. The summed E-state index contributed by atoms with van der Waals surface area (Å²) < 4.78 is 5.20. The fourth-order valence-electron chi connectivity index (χ4n) is 3.52. The highest BCUT2D eigenvalue weighted by Crippen LogP contribution is 2.42. The summed E-state index contributed by atoms with van der Waals surface area (Å²) in [5, 5.41) is 3.74. The Labute approximate surface area is 86.4 Å². The Morgan fingerprint density at radius 1 is 0.857 bits per heavy atom. The molecular formula is C12H21NO. The van der Waals surface area contributed by atoms with Gasteiger partial charge in [-0.2, -0.15) is 0 Å². The number of rotatable bonds is 2. The molecule has 1 saturated heterocycles. The second-order valence-corrected chi connectivity index (χ2v) is 5.36. The van der Waals surface area contributed by atoms with Gasteiger partial charge in [-0.3, -0.25) is 0 Å². The minimum Gasteiger partial charge on any atom is -0.378 e. The Hall–Kier alpha value is -0.0800. The molecular weight excluding hydrogens is 174 g/mol. The minimum atomic E-state index is 0.679. The van der Waals surface area contributed by atoms with Crippen LogP contribution in [-0.4, -0.2) is 25.3 Å². The first-order chi connectivity index (χ1) is 6.92. The smallest absolute Gasteiger partial charge is 0.0643 e. The molecule has 3 unspecified atom stereocenters. The fourth-order valence-corrected chi connectivity index (χ4v) is 3.52. The van der Waals surface area contributed by atoms with Crippen molar-refractivity contribution in [2.45, 2.75) is 50.6 Å². The van der Waals surface area contributed by atoms with Crippen LogP contribution in [0.3, 0.4) is 0 Å². The molecule has 0 bridgehead atoms. The quantitative estimate of drug-likeness (QED) is 0.727. The van der Waals surface area contributed by atoms with Crippen LogP contribution in [0.5, 0.6) is 0 Å². The second kappa shape index (κ2) is 3.82. The Bertz CT molecular complexity index is 202. The van der Waals surface area contributed by atoms with Crippen molar-refractivity contribution in [3.8, 4) is 0 Å². The maximum absolute atomic E-state index is 5.20. The summed E-state index contributed by atoms with van der Waals surface area (Å²) in [5.41, 5.74) is 0. The zero-order valence-corrected chi connectivity index (χ0v) is 8.87. The molecule has 3 atom stereocenters. The van der Waals surface area contributed by atoms with Crippen LogP contribution in [0.4, 0.5) is 0 Å². The van der Waals surface area contributed by atoms with Gasteiger partial charge in [0.1, 0.15) is 0 Å². The molecule has 2 nitrogen and oxygen atoms in total. The lowest BCUT2D eigenvalue weighted by atomic mass is 9.79. The molecule has 0 aromatic heterocycles. The van der Waals surface area contributed by atoms with E-state index < -0.39 is 0 Å². The van der Waals surface area contributed by atoms with Crippen LogP contribution < -0.4 is 5.32 Å². The van der Waals surface area contributed by atoms with Gasteiger partial charge in [-0.15, -0.1) is 0 Å². The van der Waals surface area contributed by atoms with Crippen LogP contribution >= 0.6 is 0 Å². The Morgan fingerprint density at radius 2 is 1.71 bits per heavy atom. The maximum Gasteiger partial charge on any atom is 0.0643 e. The van der Waals surface area contributed by atoms with Gasteiger partial charge in [-0.25, -0.2) is 0 Å². The highest BCUT2D eigenvalue weighted by atomic mass is 16.5. The monoisotopic (exact) mass is 195 g/mol. The minimum absolute atomic E-state index is 0.679. The molecule has 3 rings (SSSR count). The van der Waals surface area contributed by atoms with Gasteiger partial charge in [-0.05, 0) is 31.1 Å². The van der Waals surface area contributed by atoms with E-state index in [-0.39, 0.29) is 0 Å². The molecule has 1 aliphatic heterocycles. The lowest BCUT2D eigenvalue weighted by Gasteiger charge is -2.37. The fraction of sp³-hybridized carbons (Fsp3) is 1.00. The van der Waals surface area contributed by atoms with Crippen LogP contribution in [0.2, 0.25) is 0 Å². The van der Waals surface area contributed by atoms with Gasteiger partial charge in [0.25, 0.3) is 0 Å². The molecule has 3 fully saturated rings. The Balaban J connectivity index is 1.51. The van der Waals surface area contributed by atoms with Crippen molar-refractivity contribution in [3.05, 3.63) is 0 Å². The van der Waals surface area contributed by atoms with Crippen molar-refractivity contribution >= 4 is 0 Å². The average Bonchev–Trinajstić information content (AvgIpc) is 2.58. The van der Waals surface area contributed by atoms with E-state index in [2.05, 4.69) is 5.32 Å². The van der Waals surface area contributed by atoms with Crippen LogP contribution in [-0.2, 0) is 4.74 Å². The van der Waals surface area contributed by atoms with Crippen LogP contribution in [0.15, 0.2) is 0 Å². The Kier molecular flexibility index (Phi) is 2.50. The zero-order chi connectivity index (χ0) is 9.38. The first kappa shape index (κ1) is 9.17. The van der Waals surface area contributed by atoms with E-state index in [0.29, 0.717) is 6.04 Å². The average molecular weight is 195 g/mol. The molecule has 0 aromatic carbocycles. The number of hydrogen-bond acceptors (Lipinski definition) is 2. The van der Waals surface area contributed by atoms with Crippen molar-refractivity contribution in [3.63, 3.8) is 0 Å². The maximum atomic E-state index is 5.20. The molecule has 0 amide bonds. The van der Waals surface area contributed by atoms with Gasteiger partial charge in [0, 0.05) is 6.04 Å². The van der Waals surface area contributed by atoms with Crippen LogP contribution in [0, 0.1) is 11.8 Å². The van der Waals surface area contributed by atoms with E-state index in [0.717, 1.165) is 31.1 Å². The lowest BCUT2D eigenvalue weighted by Crippen LogP contribution is -2.51. The second-order valence-electron chi connectivity index (χ2n) is 5.36. The van der Waals surface area contributed by atoms with Crippen molar-refractivity contribution < 1.29 is 4.74 Å². The van der Waals surface area contributed by atoms with Gasteiger partial charge in [0.2, 0.25) is 0 Å². The Morgan fingerprint density at radius 3 is 2.50 bits per heavy atom. The third-order valence-corrected chi connectivity index (χ3v) is 4.40. The largest absolute Gasteiger partial charge is 0.378 e. The molecule has 2 aliphatic carbocycles. The van der Waals surface area contributed by atoms with Crippen molar-refractivity contribution in [2.75, 3.05) is 13.2 Å². The first-order valence-electron chi connectivity index (χ1n) is 6.25. The molecule has 14 heavy (non-hydrogen) atoms. The predicted molar refractivity (Wildman–Crippen MR) is 56.2 cm³/mol. The summed E-state index contributed by atoms with van der Waals surface area (Å²) in [6.45, 7) is 1.90. The molecule has 0 spiro atoms. The number of nitrogens with one attached hydrogen (secondary N) is 1. The van der Waals surface area contributed by atoms with Gasteiger partial charge in [0.15, 0.2) is 0 Å². The third-order valence-electron chi connectivity index (χ3n) is 4.40. The van der Waals surface area contributed by atoms with Gasteiger partial charge < -0.3 is 10.1 Å². The summed E-state index contributed by atoms with van der Waals surface area (Å²) in [6.07, 6.45) is 8.86. The SMILES string of the molecule is C1CC2CCC(NC3COC3)CC2C1. The van der Waals surface area contributed by atoms with Crippen LogP contribution in [0.25, 0.3) is 0 Å². The van der Waals surface area contributed by atoms with E-state index >= 15 is 0 Å². The zero-order valence-electron chi connectivity index (χ0n) is 8.87. The van der Waals surface area contributed by atoms with E-state index in [1.807, 2.05) is 0 Å². The molecule has 3 aliphatic rings. The van der Waals surface area contributed by atoms with Gasteiger partial charge in [0.05, 0.1) is 19.3 Å². The molecule has 0 radical (unpaired) electrons. The lowest BCUT2D eigenvalue weighted by molar-refractivity contribution is -0.0141. The molecule has 2 heteroatoms. The number of fused-ring (bicyclic) bond motifs is 1. The van der Waals surface area contributed by atoms with Gasteiger partial charge in [-0.1, -0.05) is 19.3 Å². The molecule has 1 N–H and O–H groups in total. The number of ether oxygens (including phenoxy) is 1. The summed E-state index contributed by atoms with van der Waals surface area (Å²) in [7, 11) is 0. The van der Waals surface area contributed by atoms with Crippen molar-refractivity contribution in [1.29, 1.82) is 0 Å². The van der Waals surface area contributed by atoms with Crippen molar-refractivity contribution in [2.24, 2.45) is 11.8 Å². The summed E-state index contributed by atoms with van der Waals surface area (Å²) in [6, 6.07) is 1.49. The highest BCUT2D eigenvalue weighted by Gasteiger charge is 2.34. The highest BCUT2D eigenvalue weighted by molar-refractivity contribution is 4.89. The van der Waals surface area contributed by atoms with E-state index in [4.69, 9.17) is 4.74 Å². The topological polar surface area (TPSA) is 21.3 Å². The predicted octanol–water partition coefficient (Wildman–Crippen LogP) is 1.94. The van der Waals surface area contributed by atoms with Crippen LogP contribution in [0.1, 0.15) is 38.5 Å². The summed E-state index contributed by atoms with van der Waals surface area (Å²) >= 11 is 0. The summed E-state index contributed by atoms with van der Waals surface area (Å²) in [4.78, 5) is 0. The van der Waals surface area contributed by atoms with E-state index in [9.17, 15) is 0 Å². The third kappa shape index (κ3) is 1.70. The van der Waals surface area contributed by atoms with Crippen molar-refractivity contribution in [1.82, 2.24) is 5.32 Å².